The first-order valence-electron chi connectivity index (χ1n) is 7.37. The van der Waals surface area contributed by atoms with E-state index in [0.717, 1.165) is 0 Å². The first kappa shape index (κ1) is 14.5. The normalized spacial score (nSPS) is 16.7. The molecule has 3 aromatic rings. The fourth-order valence-corrected chi connectivity index (χ4v) is 2.43. The van der Waals surface area contributed by atoms with Crippen molar-refractivity contribution in [2.45, 2.75) is 6.10 Å². The third-order valence-electron chi connectivity index (χ3n) is 3.60. The van der Waals surface area contributed by atoms with Crippen molar-refractivity contribution < 1.29 is 13.8 Å². The predicted octanol–water partition coefficient (Wildman–Crippen LogP) is 2.36. The van der Waals surface area contributed by atoms with Crippen LogP contribution in [0.25, 0.3) is 11.4 Å². The van der Waals surface area contributed by atoms with Gasteiger partial charge in [0.1, 0.15) is 23.9 Å². The lowest BCUT2D eigenvalue weighted by atomic mass is 10.1. The summed E-state index contributed by atoms with van der Waals surface area (Å²) in [5, 5.41) is 10.9. The second-order valence-corrected chi connectivity index (χ2v) is 5.22. The molecule has 8 heteroatoms. The maximum absolute atomic E-state index is 14.3. The molecule has 4 rings (SSSR count). The Bertz CT molecular complexity index is 845. The van der Waals surface area contributed by atoms with Crippen molar-refractivity contribution in [1.82, 2.24) is 20.4 Å². The molecule has 0 spiro atoms. The van der Waals surface area contributed by atoms with Gasteiger partial charge in [-0.1, -0.05) is 11.2 Å². The van der Waals surface area contributed by atoms with Crippen LogP contribution >= 0.6 is 0 Å². The van der Waals surface area contributed by atoms with Gasteiger partial charge in [-0.15, -0.1) is 0 Å². The zero-order chi connectivity index (χ0) is 16.4. The summed E-state index contributed by atoms with van der Waals surface area (Å²) in [5.74, 6) is 0.276. The van der Waals surface area contributed by atoms with Crippen LogP contribution in [0.15, 0.2) is 59.6 Å². The highest BCUT2D eigenvalue weighted by Gasteiger charge is 2.19. The zero-order valence-corrected chi connectivity index (χ0v) is 12.5. The summed E-state index contributed by atoms with van der Waals surface area (Å²) in [6.45, 7) is 0.511. The summed E-state index contributed by atoms with van der Waals surface area (Å²) in [4.78, 5) is 5.46. The molecule has 0 fully saturated rings. The van der Waals surface area contributed by atoms with Gasteiger partial charge < -0.3 is 9.84 Å². The first-order valence-corrected chi connectivity index (χ1v) is 7.37. The average molecular weight is 327 g/mol. The second kappa shape index (κ2) is 6.17. The Hall–Kier alpha value is -3.13. The zero-order valence-electron chi connectivity index (χ0n) is 12.5. The molecule has 0 radical (unpaired) electrons. The molecule has 1 aliphatic rings. The van der Waals surface area contributed by atoms with Crippen LogP contribution in [-0.2, 0) is 4.84 Å². The minimum absolute atomic E-state index is 0.203. The van der Waals surface area contributed by atoms with Gasteiger partial charge in [0, 0.05) is 30.6 Å². The molecule has 3 heterocycles. The Morgan fingerprint density at radius 1 is 1.33 bits per heavy atom. The molecular weight excluding hydrogens is 313 g/mol. The Morgan fingerprint density at radius 3 is 3.04 bits per heavy atom. The van der Waals surface area contributed by atoms with Crippen molar-refractivity contribution in [3.05, 3.63) is 66.4 Å². The molecular formula is C16H14FN5O2. The van der Waals surface area contributed by atoms with Gasteiger partial charge in [0.2, 0.25) is 0 Å². The van der Waals surface area contributed by atoms with E-state index in [0.29, 0.717) is 29.3 Å². The number of hydrogen-bond acceptors (Lipinski definition) is 6. The number of hydrogen-bond donors (Lipinski definition) is 2. The summed E-state index contributed by atoms with van der Waals surface area (Å²) in [7, 11) is 0. The van der Waals surface area contributed by atoms with Crippen molar-refractivity contribution in [3.63, 3.8) is 0 Å². The van der Waals surface area contributed by atoms with E-state index in [2.05, 4.69) is 21.1 Å². The molecule has 0 aliphatic carbocycles. The van der Waals surface area contributed by atoms with Crippen molar-refractivity contribution in [2.24, 2.45) is 0 Å². The molecule has 1 aliphatic heterocycles. The number of aromatic nitrogens is 3. The number of nitrogens with zero attached hydrogens (tertiary/aromatic N) is 3. The number of halogens is 1. The Balaban J connectivity index is 1.47. The maximum atomic E-state index is 14.3. The average Bonchev–Trinajstić information content (AvgIpc) is 3.34. The molecule has 24 heavy (non-hydrogen) atoms. The lowest BCUT2D eigenvalue weighted by Gasteiger charge is -2.08. The largest absolute Gasteiger partial charge is 0.364 e. The highest BCUT2D eigenvalue weighted by Crippen LogP contribution is 2.22. The highest BCUT2D eigenvalue weighted by molar-refractivity contribution is 5.66. The number of rotatable bonds is 5. The third kappa shape index (κ3) is 2.86. The van der Waals surface area contributed by atoms with Gasteiger partial charge in [-0.3, -0.25) is 10.3 Å². The van der Waals surface area contributed by atoms with Gasteiger partial charge in [0.15, 0.2) is 5.82 Å². The second-order valence-electron chi connectivity index (χ2n) is 5.22. The summed E-state index contributed by atoms with van der Waals surface area (Å²) < 4.78 is 20.5. The third-order valence-corrected chi connectivity index (χ3v) is 3.60. The molecule has 0 saturated carbocycles. The van der Waals surface area contributed by atoms with Crippen LogP contribution in [0.2, 0.25) is 0 Å². The number of nitrogens with one attached hydrogen (secondary N) is 2. The van der Waals surface area contributed by atoms with Gasteiger partial charge in [-0.25, -0.2) is 9.07 Å². The molecule has 0 bridgehead atoms. The Kier molecular flexibility index (Phi) is 3.72. The topological polar surface area (TPSA) is 77.1 Å². The summed E-state index contributed by atoms with van der Waals surface area (Å²) in [6.07, 6.45) is 6.47. The minimum Gasteiger partial charge on any atom is -0.364 e. The quantitative estimate of drug-likeness (QED) is 0.749. The first-order chi connectivity index (χ1) is 11.8. The maximum Gasteiger partial charge on any atom is 0.169 e. The predicted molar refractivity (Wildman–Crippen MR) is 84.5 cm³/mol. The van der Waals surface area contributed by atoms with Gasteiger partial charge in [-0.2, -0.15) is 5.10 Å². The highest BCUT2D eigenvalue weighted by atomic mass is 19.1. The fraction of sp³-hybridized carbons (Fsp3) is 0.125. The van der Waals surface area contributed by atoms with Gasteiger partial charge in [0.05, 0.1) is 5.70 Å². The standard InChI is InChI=1S/C16H14FN5O2/c17-13-8-11(2-3-15(13)22-6-1-5-19-22)14-9-12(24-20-14)10-18-16-4-7-23-21-16/h1-9,12,20H,10H2,(H,18,21). The van der Waals surface area contributed by atoms with Crippen molar-refractivity contribution >= 4 is 11.5 Å². The minimum atomic E-state index is -0.358. The van der Waals surface area contributed by atoms with E-state index in [-0.39, 0.29) is 11.9 Å². The number of hydroxylamine groups is 1. The lowest BCUT2D eigenvalue weighted by Crippen LogP contribution is -2.21. The van der Waals surface area contributed by atoms with Crippen LogP contribution in [0.4, 0.5) is 10.2 Å². The Morgan fingerprint density at radius 2 is 2.29 bits per heavy atom. The SMILES string of the molecule is Fc1cc(C2=CC(CNc3ccon3)ON2)ccc1-n1cccn1. The van der Waals surface area contributed by atoms with Gasteiger partial charge >= 0.3 is 0 Å². The molecule has 1 aromatic carbocycles. The van der Waals surface area contributed by atoms with E-state index in [9.17, 15) is 4.39 Å². The monoisotopic (exact) mass is 327 g/mol. The summed E-state index contributed by atoms with van der Waals surface area (Å²) in [6, 6.07) is 8.41. The van der Waals surface area contributed by atoms with E-state index in [4.69, 9.17) is 9.36 Å². The van der Waals surface area contributed by atoms with Gasteiger partial charge in [-0.05, 0) is 24.3 Å². The Labute approximate surface area is 136 Å². The molecule has 0 amide bonds. The molecule has 1 unspecified atom stereocenters. The van der Waals surface area contributed by atoms with E-state index >= 15 is 0 Å². The van der Waals surface area contributed by atoms with E-state index in [1.807, 2.05) is 12.1 Å². The summed E-state index contributed by atoms with van der Waals surface area (Å²) >= 11 is 0. The van der Waals surface area contributed by atoms with Crippen LogP contribution in [0.5, 0.6) is 0 Å². The molecule has 122 valence electrons. The van der Waals surface area contributed by atoms with E-state index < -0.39 is 0 Å². The van der Waals surface area contributed by atoms with Crippen LogP contribution in [0.3, 0.4) is 0 Å². The van der Waals surface area contributed by atoms with Crippen LogP contribution in [0.1, 0.15) is 5.56 Å². The fourth-order valence-electron chi connectivity index (χ4n) is 2.43. The lowest BCUT2D eigenvalue weighted by molar-refractivity contribution is 0.0590. The van der Waals surface area contributed by atoms with Crippen molar-refractivity contribution in [2.75, 3.05) is 11.9 Å². The molecule has 2 aromatic heterocycles. The number of benzene rings is 1. The van der Waals surface area contributed by atoms with Crippen LogP contribution in [-0.4, -0.2) is 27.6 Å². The molecule has 1 atom stereocenters. The van der Waals surface area contributed by atoms with Crippen molar-refractivity contribution in [3.8, 4) is 5.69 Å². The van der Waals surface area contributed by atoms with Crippen molar-refractivity contribution in [1.29, 1.82) is 0 Å². The number of anilines is 1. The van der Waals surface area contributed by atoms with Gasteiger partial charge in [0.25, 0.3) is 0 Å². The smallest absolute Gasteiger partial charge is 0.169 e. The van der Waals surface area contributed by atoms with E-state index in [1.165, 1.54) is 17.0 Å². The van der Waals surface area contributed by atoms with Crippen LogP contribution in [0, 0.1) is 5.82 Å². The van der Waals surface area contributed by atoms with Crippen LogP contribution < -0.4 is 10.8 Å². The molecule has 0 saturated heterocycles. The van der Waals surface area contributed by atoms with E-state index in [1.54, 1.807) is 30.6 Å². The molecule has 2 N–H and O–H groups in total. The summed E-state index contributed by atoms with van der Waals surface area (Å²) in [5.41, 5.74) is 4.64. The molecule has 7 nitrogen and oxygen atoms in total.